The molecule has 0 spiro atoms. The molecule has 2 aromatic rings. The molecule has 90 valence electrons. The van der Waals surface area contributed by atoms with Crippen LogP contribution in [-0.4, -0.2) is 16.0 Å². The second kappa shape index (κ2) is 3.95. The first-order valence-electron chi connectivity index (χ1n) is 6.11. The van der Waals surface area contributed by atoms with Crippen molar-refractivity contribution in [1.82, 2.24) is 9.97 Å². The number of nitrogens with one attached hydrogen (secondary N) is 1. The quantitative estimate of drug-likeness (QED) is 0.879. The van der Waals surface area contributed by atoms with Crippen LogP contribution in [-0.2, 0) is 0 Å². The molecule has 1 atom stereocenters. The average molecular weight is 247 g/mol. The van der Waals surface area contributed by atoms with Gasteiger partial charge < -0.3 is 5.32 Å². The number of thiophene rings is 1. The Balaban J connectivity index is 1.92. The van der Waals surface area contributed by atoms with Crippen molar-refractivity contribution in [2.24, 2.45) is 5.41 Å². The highest BCUT2D eigenvalue weighted by atomic mass is 32.1. The van der Waals surface area contributed by atoms with Crippen molar-refractivity contribution in [3.63, 3.8) is 0 Å². The van der Waals surface area contributed by atoms with E-state index in [1.807, 2.05) is 6.07 Å². The van der Waals surface area contributed by atoms with Crippen molar-refractivity contribution in [2.45, 2.75) is 39.2 Å². The summed E-state index contributed by atoms with van der Waals surface area (Å²) in [6.45, 7) is 4.68. The molecule has 1 saturated carbocycles. The van der Waals surface area contributed by atoms with E-state index in [4.69, 9.17) is 0 Å². The van der Waals surface area contributed by atoms with Crippen LogP contribution >= 0.6 is 11.3 Å². The number of fused-ring (bicyclic) bond motifs is 1. The molecule has 1 aliphatic carbocycles. The molecule has 1 fully saturated rings. The topological polar surface area (TPSA) is 37.8 Å². The molecule has 3 rings (SSSR count). The lowest BCUT2D eigenvalue weighted by atomic mass is 9.87. The van der Waals surface area contributed by atoms with Crippen LogP contribution in [0.3, 0.4) is 0 Å². The summed E-state index contributed by atoms with van der Waals surface area (Å²) in [7, 11) is 0. The second-order valence-corrected chi connectivity index (χ2v) is 6.35. The summed E-state index contributed by atoms with van der Waals surface area (Å²) in [4.78, 5) is 8.67. The Kier molecular flexibility index (Phi) is 2.54. The van der Waals surface area contributed by atoms with Gasteiger partial charge in [-0.1, -0.05) is 20.3 Å². The summed E-state index contributed by atoms with van der Waals surface area (Å²) in [5.74, 6) is 1.00. The molecule has 0 radical (unpaired) electrons. The molecule has 17 heavy (non-hydrogen) atoms. The number of aromatic nitrogens is 2. The zero-order chi connectivity index (χ0) is 11.9. The van der Waals surface area contributed by atoms with Crippen LogP contribution in [0.15, 0.2) is 17.8 Å². The Hall–Kier alpha value is -1.16. The van der Waals surface area contributed by atoms with Gasteiger partial charge in [0.2, 0.25) is 0 Å². The molecule has 2 heterocycles. The fourth-order valence-electron chi connectivity index (χ4n) is 2.65. The van der Waals surface area contributed by atoms with Crippen molar-refractivity contribution >= 4 is 27.4 Å². The number of nitrogens with zero attached hydrogens (tertiary/aromatic N) is 2. The minimum Gasteiger partial charge on any atom is -0.366 e. The van der Waals surface area contributed by atoms with Crippen molar-refractivity contribution in [3.8, 4) is 0 Å². The lowest BCUT2D eigenvalue weighted by Crippen LogP contribution is -2.31. The normalized spacial score (nSPS) is 23.1. The highest BCUT2D eigenvalue weighted by molar-refractivity contribution is 7.17. The Morgan fingerprint density at radius 3 is 3.06 bits per heavy atom. The lowest BCUT2D eigenvalue weighted by Gasteiger charge is -2.28. The van der Waals surface area contributed by atoms with Gasteiger partial charge in [-0.2, -0.15) is 0 Å². The zero-order valence-electron chi connectivity index (χ0n) is 10.2. The van der Waals surface area contributed by atoms with Gasteiger partial charge >= 0.3 is 0 Å². The fraction of sp³-hybridized carbons (Fsp3) is 0.538. The minimum atomic E-state index is 0.370. The Bertz CT molecular complexity index is 532. The molecule has 0 aliphatic heterocycles. The van der Waals surface area contributed by atoms with Gasteiger partial charge in [0.05, 0.1) is 10.2 Å². The molecule has 4 heteroatoms. The molecule has 1 N–H and O–H groups in total. The number of hydrogen-bond acceptors (Lipinski definition) is 4. The standard InChI is InChI=1S/C13H17N3S/c1-13(2)6-3-4-10(13)16-12-11-9(5-7-17-11)14-8-15-12/h5,7-8,10H,3-4,6H2,1-2H3,(H,14,15,16). The van der Waals surface area contributed by atoms with E-state index in [9.17, 15) is 0 Å². The van der Waals surface area contributed by atoms with E-state index in [1.165, 1.54) is 24.0 Å². The van der Waals surface area contributed by atoms with Crippen LogP contribution in [0.1, 0.15) is 33.1 Å². The van der Waals surface area contributed by atoms with E-state index < -0.39 is 0 Å². The van der Waals surface area contributed by atoms with Crippen LogP contribution in [0.4, 0.5) is 5.82 Å². The van der Waals surface area contributed by atoms with Crippen molar-refractivity contribution in [1.29, 1.82) is 0 Å². The van der Waals surface area contributed by atoms with Gasteiger partial charge in [-0.25, -0.2) is 9.97 Å². The van der Waals surface area contributed by atoms with Gasteiger partial charge in [0.1, 0.15) is 12.1 Å². The van der Waals surface area contributed by atoms with Crippen LogP contribution < -0.4 is 5.32 Å². The molecule has 0 saturated heterocycles. The highest BCUT2D eigenvalue weighted by Gasteiger charge is 2.34. The smallest absolute Gasteiger partial charge is 0.147 e. The van der Waals surface area contributed by atoms with E-state index in [-0.39, 0.29) is 0 Å². The molecule has 1 unspecified atom stereocenters. The van der Waals surface area contributed by atoms with E-state index in [1.54, 1.807) is 17.7 Å². The molecule has 1 aliphatic rings. The van der Waals surface area contributed by atoms with E-state index in [2.05, 4.69) is 34.5 Å². The third-order valence-corrected chi connectivity index (χ3v) is 4.72. The third-order valence-electron chi connectivity index (χ3n) is 3.81. The first-order chi connectivity index (χ1) is 8.17. The van der Waals surface area contributed by atoms with Crippen LogP contribution in [0.2, 0.25) is 0 Å². The molecule has 2 aromatic heterocycles. The van der Waals surface area contributed by atoms with Gasteiger partial charge in [0.25, 0.3) is 0 Å². The van der Waals surface area contributed by atoms with Crippen LogP contribution in [0.5, 0.6) is 0 Å². The summed E-state index contributed by atoms with van der Waals surface area (Å²) < 4.78 is 1.18. The zero-order valence-corrected chi connectivity index (χ0v) is 11.0. The Labute approximate surface area is 105 Å². The van der Waals surface area contributed by atoms with E-state index in [0.29, 0.717) is 11.5 Å². The van der Waals surface area contributed by atoms with E-state index in [0.717, 1.165) is 11.3 Å². The maximum absolute atomic E-state index is 4.40. The highest BCUT2D eigenvalue weighted by Crippen LogP contribution is 2.39. The van der Waals surface area contributed by atoms with Gasteiger partial charge in [-0.3, -0.25) is 0 Å². The van der Waals surface area contributed by atoms with Gasteiger partial charge in [-0.05, 0) is 29.7 Å². The number of hydrogen-bond donors (Lipinski definition) is 1. The lowest BCUT2D eigenvalue weighted by molar-refractivity contribution is 0.349. The fourth-order valence-corrected chi connectivity index (χ4v) is 3.45. The first-order valence-corrected chi connectivity index (χ1v) is 6.99. The maximum atomic E-state index is 4.40. The summed E-state index contributed by atoms with van der Waals surface area (Å²) in [6, 6.07) is 2.58. The molecular weight excluding hydrogens is 230 g/mol. The molecule has 0 aromatic carbocycles. The molecule has 0 amide bonds. The molecule has 3 nitrogen and oxygen atoms in total. The SMILES string of the molecule is CC1(C)CCCC1Nc1ncnc2ccsc12. The second-order valence-electron chi connectivity index (χ2n) is 5.43. The first kappa shape index (κ1) is 11.0. The number of anilines is 1. The summed E-state index contributed by atoms with van der Waals surface area (Å²) in [5, 5.41) is 5.69. The maximum Gasteiger partial charge on any atom is 0.147 e. The van der Waals surface area contributed by atoms with Gasteiger partial charge in [-0.15, -0.1) is 11.3 Å². The molecular formula is C13H17N3S. The van der Waals surface area contributed by atoms with Crippen LogP contribution in [0, 0.1) is 5.41 Å². The predicted molar refractivity (Wildman–Crippen MR) is 72.5 cm³/mol. The molecule has 0 bridgehead atoms. The Morgan fingerprint density at radius 1 is 1.41 bits per heavy atom. The average Bonchev–Trinajstić information content (AvgIpc) is 2.86. The number of rotatable bonds is 2. The van der Waals surface area contributed by atoms with Gasteiger partial charge in [0, 0.05) is 6.04 Å². The summed E-state index contributed by atoms with van der Waals surface area (Å²) >= 11 is 1.71. The summed E-state index contributed by atoms with van der Waals surface area (Å²) in [6.07, 6.45) is 5.50. The third kappa shape index (κ3) is 1.90. The summed E-state index contributed by atoms with van der Waals surface area (Å²) in [5.41, 5.74) is 1.41. The largest absolute Gasteiger partial charge is 0.366 e. The minimum absolute atomic E-state index is 0.370. The van der Waals surface area contributed by atoms with Crippen molar-refractivity contribution in [3.05, 3.63) is 17.8 Å². The Morgan fingerprint density at radius 2 is 2.29 bits per heavy atom. The van der Waals surface area contributed by atoms with Crippen LogP contribution in [0.25, 0.3) is 10.2 Å². The van der Waals surface area contributed by atoms with Gasteiger partial charge in [0.15, 0.2) is 0 Å². The van der Waals surface area contributed by atoms with E-state index >= 15 is 0 Å². The predicted octanol–water partition coefficient (Wildman–Crippen LogP) is 3.68. The van der Waals surface area contributed by atoms with Crippen molar-refractivity contribution in [2.75, 3.05) is 5.32 Å². The monoisotopic (exact) mass is 247 g/mol. The van der Waals surface area contributed by atoms with Crippen molar-refractivity contribution < 1.29 is 0 Å².